The van der Waals surface area contributed by atoms with Gasteiger partial charge in [0.25, 0.3) is 0 Å². The van der Waals surface area contributed by atoms with Crippen LogP contribution in [-0.2, 0) is 11.3 Å². The topological polar surface area (TPSA) is 62.3 Å². The standard InChI is InChI=1S/C14H25N3O2/c1-3-8-17-14(13(18-2)10-16-17)12(15)7-6-11-5-4-9-19-11/h10-12H,3-9,15H2,1-2H3. The zero-order chi connectivity index (χ0) is 13.7. The van der Waals surface area contributed by atoms with Crippen molar-refractivity contribution < 1.29 is 9.47 Å². The van der Waals surface area contributed by atoms with Crippen LogP contribution in [-0.4, -0.2) is 29.6 Å². The van der Waals surface area contributed by atoms with E-state index in [1.165, 1.54) is 6.42 Å². The third-order valence-corrected chi connectivity index (χ3v) is 3.68. The molecule has 0 bridgehead atoms. The molecule has 0 amide bonds. The number of nitrogens with zero attached hydrogens (tertiary/aromatic N) is 2. The van der Waals surface area contributed by atoms with E-state index in [1.807, 2.05) is 4.68 Å². The SMILES string of the molecule is CCCn1ncc(OC)c1C(N)CCC1CCCO1. The maximum Gasteiger partial charge on any atom is 0.161 e. The van der Waals surface area contributed by atoms with Crippen LogP contribution >= 0.6 is 0 Å². The van der Waals surface area contributed by atoms with Crippen molar-refractivity contribution in [1.29, 1.82) is 0 Å². The molecular weight excluding hydrogens is 242 g/mol. The van der Waals surface area contributed by atoms with E-state index < -0.39 is 0 Å². The maximum atomic E-state index is 6.33. The Morgan fingerprint density at radius 2 is 2.47 bits per heavy atom. The molecule has 0 radical (unpaired) electrons. The summed E-state index contributed by atoms with van der Waals surface area (Å²) in [6.07, 6.45) is 7.46. The number of nitrogens with two attached hydrogens (primary N) is 1. The zero-order valence-corrected chi connectivity index (χ0v) is 12.0. The Balaban J connectivity index is 1.99. The Hall–Kier alpha value is -1.07. The van der Waals surface area contributed by atoms with Crippen molar-refractivity contribution in [3.63, 3.8) is 0 Å². The average molecular weight is 267 g/mol. The van der Waals surface area contributed by atoms with E-state index >= 15 is 0 Å². The highest BCUT2D eigenvalue weighted by molar-refractivity contribution is 5.28. The maximum absolute atomic E-state index is 6.33. The fourth-order valence-corrected chi connectivity index (χ4v) is 2.67. The smallest absolute Gasteiger partial charge is 0.161 e. The minimum absolute atomic E-state index is 0.0341. The molecule has 1 saturated heterocycles. The molecule has 19 heavy (non-hydrogen) atoms. The molecule has 0 saturated carbocycles. The predicted molar refractivity (Wildman–Crippen MR) is 74.2 cm³/mol. The summed E-state index contributed by atoms with van der Waals surface area (Å²) >= 11 is 0. The molecule has 5 nitrogen and oxygen atoms in total. The Kier molecular flexibility index (Phi) is 5.22. The fourth-order valence-electron chi connectivity index (χ4n) is 2.67. The second-order valence-corrected chi connectivity index (χ2v) is 5.14. The summed E-state index contributed by atoms with van der Waals surface area (Å²) in [6.45, 7) is 3.92. The van der Waals surface area contributed by atoms with E-state index in [9.17, 15) is 0 Å². The van der Waals surface area contributed by atoms with Gasteiger partial charge in [-0.3, -0.25) is 4.68 Å². The van der Waals surface area contributed by atoms with Crippen molar-refractivity contribution in [2.75, 3.05) is 13.7 Å². The first kappa shape index (κ1) is 14.3. The van der Waals surface area contributed by atoms with Crippen LogP contribution in [0.15, 0.2) is 6.20 Å². The van der Waals surface area contributed by atoms with Crippen LogP contribution in [0.2, 0.25) is 0 Å². The van der Waals surface area contributed by atoms with Crippen molar-refractivity contribution in [2.45, 2.75) is 57.7 Å². The van der Waals surface area contributed by atoms with Gasteiger partial charge in [0.2, 0.25) is 0 Å². The van der Waals surface area contributed by atoms with Crippen LogP contribution in [0.3, 0.4) is 0 Å². The molecule has 1 aliphatic heterocycles. The molecule has 1 aliphatic rings. The Morgan fingerprint density at radius 1 is 1.63 bits per heavy atom. The minimum atomic E-state index is -0.0341. The van der Waals surface area contributed by atoms with Crippen molar-refractivity contribution in [2.24, 2.45) is 5.73 Å². The lowest BCUT2D eigenvalue weighted by molar-refractivity contribution is 0.100. The van der Waals surface area contributed by atoms with Crippen molar-refractivity contribution in [3.05, 3.63) is 11.9 Å². The number of aromatic nitrogens is 2. The lowest BCUT2D eigenvalue weighted by atomic mass is 10.0. The summed E-state index contributed by atoms with van der Waals surface area (Å²) < 4.78 is 13.0. The molecule has 1 fully saturated rings. The lowest BCUT2D eigenvalue weighted by Gasteiger charge is -2.17. The van der Waals surface area contributed by atoms with Gasteiger partial charge in [-0.2, -0.15) is 5.10 Å². The van der Waals surface area contributed by atoms with Crippen LogP contribution in [0.4, 0.5) is 0 Å². The third-order valence-electron chi connectivity index (χ3n) is 3.68. The number of aryl methyl sites for hydroxylation is 1. The highest BCUT2D eigenvalue weighted by Gasteiger charge is 2.21. The van der Waals surface area contributed by atoms with E-state index in [4.69, 9.17) is 15.2 Å². The Labute approximate surface area is 115 Å². The van der Waals surface area contributed by atoms with Crippen LogP contribution in [0.5, 0.6) is 5.75 Å². The van der Waals surface area contributed by atoms with Gasteiger partial charge < -0.3 is 15.2 Å². The van der Waals surface area contributed by atoms with E-state index in [2.05, 4.69) is 12.0 Å². The first-order valence-corrected chi connectivity index (χ1v) is 7.23. The minimum Gasteiger partial charge on any atom is -0.493 e. The summed E-state index contributed by atoms with van der Waals surface area (Å²) in [6, 6.07) is -0.0341. The summed E-state index contributed by atoms with van der Waals surface area (Å²) in [7, 11) is 1.67. The molecule has 108 valence electrons. The number of hydrogen-bond acceptors (Lipinski definition) is 4. The first-order chi connectivity index (χ1) is 9.26. The molecule has 2 unspecified atom stereocenters. The number of hydrogen-bond donors (Lipinski definition) is 1. The van der Waals surface area contributed by atoms with Gasteiger partial charge in [-0.15, -0.1) is 0 Å². The number of methoxy groups -OCH3 is 1. The molecule has 1 aromatic heterocycles. The highest BCUT2D eigenvalue weighted by atomic mass is 16.5. The zero-order valence-electron chi connectivity index (χ0n) is 12.0. The monoisotopic (exact) mass is 267 g/mol. The first-order valence-electron chi connectivity index (χ1n) is 7.23. The lowest BCUT2D eigenvalue weighted by Crippen LogP contribution is -2.19. The summed E-state index contributed by atoms with van der Waals surface area (Å²) in [5.74, 6) is 0.799. The van der Waals surface area contributed by atoms with Gasteiger partial charge in [0.05, 0.1) is 31.1 Å². The largest absolute Gasteiger partial charge is 0.493 e. The molecule has 1 aromatic rings. The van der Waals surface area contributed by atoms with E-state index in [1.54, 1.807) is 13.3 Å². The average Bonchev–Trinajstić information content (AvgIpc) is 3.05. The molecular formula is C14H25N3O2. The summed E-state index contributed by atoms with van der Waals surface area (Å²) in [5.41, 5.74) is 7.34. The second kappa shape index (κ2) is 6.91. The Morgan fingerprint density at radius 3 is 3.11 bits per heavy atom. The summed E-state index contributed by atoms with van der Waals surface area (Å²) in [4.78, 5) is 0. The number of rotatable bonds is 7. The van der Waals surface area contributed by atoms with Gasteiger partial charge in [0.1, 0.15) is 0 Å². The van der Waals surface area contributed by atoms with Gasteiger partial charge in [-0.05, 0) is 32.1 Å². The van der Waals surface area contributed by atoms with Gasteiger partial charge in [-0.1, -0.05) is 6.92 Å². The van der Waals surface area contributed by atoms with Crippen molar-refractivity contribution in [1.82, 2.24) is 9.78 Å². The molecule has 2 heterocycles. The Bertz CT molecular complexity index is 386. The van der Waals surface area contributed by atoms with Gasteiger partial charge in [0.15, 0.2) is 5.75 Å². The van der Waals surface area contributed by atoms with Crippen LogP contribution in [0, 0.1) is 0 Å². The highest BCUT2D eigenvalue weighted by Crippen LogP contribution is 2.28. The quantitative estimate of drug-likeness (QED) is 0.823. The molecule has 2 rings (SSSR count). The molecule has 5 heteroatoms. The molecule has 2 atom stereocenters. The van der Waals surface area contributed by atoms with Crippen LogP contribution in [0.25, 0.3) is 0 Å². The third kappa shape index (κ3) is 3.48. The van der Waals surface area contributed by atoms with E-state index in [0.29, 0.717) is 6.10 Å². The normalized spacial score (nSPS) is 20.7. The molecule has 0 spiro atoms. The van der Waals surface area contributed by atoms with Crippen LogP contribution < -0.4 is 10.5 Å². The van der Waals surface area contributed by atoms with Gasteiger partial charge in [0, 0.05) is 13.2 Å². The molecule has 2 N–H and O–H groups in total. The predicted octanol–water partition coefficient (Wildman–Crippen LogP) is 2.26. The van der Waals surface area contributed by atoms with Crippen LogP contribution in [0.1, 0.15) is 50.8 Å². The van der Waals surface area contributed by atoms with Crippen molar-refractivity contribution in [3.8, 4) is 5.75 Å². The van der Waals surface area contributed by atoms with E-state index in [-0.39, 0.29) is 6.04 Å². The van der Waals surface area contributed by atoms with E-state index in [0.717, 1.165) is 50.3 Å². The van der Waals surface area contributed by atoms with Gasteiger partial charge >= 0.3 is 0 Å². The fraction of sp³-hybridized carbons (Fsp3) is 0.786. The van der Waals surface area contributed by atoms with Crippen molar-refractivity contribution >= 4 is 0 Å². The summed E-state index contributed by atoms with van der Waals surface area (Å²) in [5, 5.41) is 4.36. The molecule has 0 aromatic carbocycles. The van der Waals surface area contributed by atoms with Gasteiger partial charge in [-0.25, -0.2) is 0 Å². The second-order valence-electron chi connectivity index (χ2n) is 5.14. The number of ether oxygens (including phenoxy) is 2. The molecule has 0 aliphatic carbocycles.